The Balaban J connectivity index is 1.58. The fourth-order valence-corrected chi connectivity index (χ4v) is 5.56. The molecule has 0 bridgehead atoms. The van der Waals surface area contributed by atoms with Crippen molar-refractivity contribution in [2.24, 2.45) is 0 Å². The number of rotatable bonds is 10. The summed E-state index contributed by atoms with van der Waals surface area (Å²) >= 11 is 5.56. The number of nitrogens with one attached hydrogen (secondary N) is 1. The van der Waals surface area contributed by atoms with Crippen molar-refractivity contribution < 1.29 is 26.3 Å². The molecule has 1 N–H and O–H groups in total. The summed E-state index contributed by atoms with van der Waals surface area (Å²) in [5.74, 6) is -0.560. The second kappa shape index (κ2) is 9.82. The maximum absolute atomic E-state index is 13.2. The van der Waals surface area contributed by atoms with Crippen molar-refractivity contribution >= 4 is 27.2 Å². The van der Waals surface area contributed by atoms with Gasteiger partial charge in [-0.1, -0.05) is 18.2 Å². The number of sulfone groups is 1. The van der Waals surface area contributed by atoms with Crippen LogP contribution in [0.25, 0.3) is 0 Å². The van der Waals surface area contributed by atoms with Crippen LogP contribution in [0.2, 0.25) is 0 Å². The van der Waals surface area contributed by atoms with E-state index in [-0.39, 0.29) is 16.8 Å². The number of thiocarbonyl (C=S) groups is 1. The summed E-state index contributed by atoms with van der Waals surface area (Å²) in [6, 6.07) is 4.76. The molecule has 7 nitrogen and oxygen atoms in total. The first-order valence-corrected chi connectivity index (χ1v) is 13.1. The first-order valence-electron chi connectivity index (χ1n) is 11.1. The zero-order valence-corrected chi connectivity index (χ0v) is 20.3. The van der Waals surface area contributed by atoms with E-state index in [1.807, 2.05) is 4.90 Å². The van der Waals surface area contributed by atoms with Crippen LogP contribution < -0.4 is 5.32 Å². The Bertz CT molecular complexity index is 1140. The second-order valence-electron chi connectivity index (χ2n) is 8.73. The van der Waals surface area contributed by atoms with Crippen molar-refractivity contribution in [1.82, 2.24) is 19.8 Å². The highest BCUT2D eigenvalue weighted by Gasteiger charge is 2.35. The Hall–Kier alpha value is -2.18. The molecule has 1 heterocycles. The zero-order valence-electron chi connectivity index (χ0n) is 18.7. The number of ether oxygens (including phenoxy) is 1. The summed E-state index contributed by atoms with van der Waals surface area (Å²) in [7, 11) is -2.38. The van der Waals surface area contributed by atoms with Gasteiger partial charge in [-0.3, -0.25) is 0 Å². The molecule has 0 saturated heterocycles. The standard InChI is InChI=1S/C22H27F3N4O3S2/c1-32-10-9-28(20(33)27-17-5-6-17)13-19-12-26-21(29(19)18-7-8-18)34(30,31)14-15-3-2-4-16(11-15)22(23,24)25/h2-4,11-12,17-18H,5-10,13-14H2,1H3,(H,27,33). The van der Waals surface area contributed by atoms with E-state index in [1.54, 1.807) is 11.7 Å². The number of methoxy groups -OCH3 is 1. The number of imidazole rings is 1. The molecule has 0 amide bonds. The van der Waals surface area contributed by atoms with Gasteiger partial charge in [0.1, 0.15) is 0 Å². The number of hydrogen-bond donors (Lipinski definition) is 1. The number of hydrogen-bond acceptors (Lipinski definition) is 5. The predicted octanol–water partition coefficient (Wildman–Crippen LogP) is 3.70. The lowest BCUT2D eigenvalue weighted by Crippen LogP contribution is -2.42. The van der Waals surface area contributed by atoms with Gasteiger partial charge in [-0.2, -0.15) is 13.2 Å². The monoisotopic (exact) mass is 516 g/mol. The minimum Gasteiger partial charge on any atom is -0.383 e. The summed E-state index contributed by atoms with van der Waals surface area (Å²) in [6.07, 6.45) is 0.748. The highest BCUT2D eigenvalue weighted by atomic mass is 32.2. The molecule has 2 aromatic rings. The minimum atomic E-state index is -4.54. The SMILES string of the molecule is COCCN(Cc1cnc(S(=O)(=O)Cc2cccc(C(F)(F)F)c2)n1C1CC1)C(=S)NC1CC1. The minimum absolute atomic E-state index is 0.00183. The van der Waals surface area contributed by atoms with Gasteiger partial charge in [-0.25, -0.2) is 13.4 Å². The molecule has 2 aliphatic carbocycles. The van der Waals surface area contributed by atoms with E-state index in [2.05, 4.69) is 10.3 Å². The fourth-order valence-electron chi connectivity index (χ4n) is 3.71. The van der Waals surface area contributed by atoms with Crippen LogP contribution in [0.1, 0.15) is 48.5 Å². The van der Waals surface area contributed by atoms with E-state index < -0.39 is 27.3 Å². The Morgan fingerprint density at radius 3 is 2.65 bits per heavy atom. The topological polar surface area (TPSA) is 76.5 Å². The van der Waals surface area contributed by atoms with Gasteiger partial charge in [0.05, 0.1) is 36.4 Å². The van der Waals surface area contributed by atoms with Gasteiger partial charge in [0, 0.05) is 25.7 Å². The van der Waals surface area contributed by atoms with Crippen molar-refractivity contribution in [3.05, 3.63) is 47.3 Å². The Morgan fingerprint density at radius 1 is 1.29 bits per heavy atom. The maximum Gasteiger partial charge on any atom is 0.416 e. The first-order chi connectivity index (χ1) is 16.1. The van der Waals surface area contributed by atoms with Gasteiger partial charge < -0.3 is 19.5 Å². The van der Waals surface area contributed by atoms with Crippen molar-refractivity contribution in [3.8, 4) is 0 Å². The van der Waals surface area contributed by atoms with Crippen molar-refractivity contribution in [3.63, 3.8) is 0 Å². The van der Waals surface area contributed by atoms with Gasteiger partial charge in [0.2, 0.25) is 15.0 Å². The molecule has 2 aliphatic rings. The predicted molar refractivity (Wildman–Crippen MR) is 124 cm³/mol. The van der Waals surface area contributed by atoms with Crippen LogP contribution in [0.5, 0.6) is 0 Å². The van der Waals surface area contributed by atoms with E-state index in [4.69, 9.17) is 17.0 Å². The summed E-state index contributed by atoms with van der Waals surface area (Å²) in [5.41, 5.74) is -0.115. The second-order valence-corrected chi connectivity index (χ2v) is 11.0. The van der Waals surface area contributed by atoms with Crippen LogP contribution in [0.4, 0.5) is 13.2 Å². The van der Waals surface area contributed by atoms with Crippen molar-refractivity contribution in [1.29, 1.82) is 0 Å². The molecule has 34 heavy (non-hydrogen) atoms. The van der Waals surface area contributed by atoms with Gasteiger partial charge in [-0.15, -0.1) is 0 Å². The van der Waals surface area contributed by atoms with E-state index in [9.17, 15) is 21.6 Å². The highest BCUT2D eigenvalue weighted by Crippen LogP contribution is 2.39. The molecule has 0 spiro atoms. The Labute approximate surface area is 202 Å². The summed E-state index contributed by atoms with van der Waals surface area (Å²) in [6.45, 7) is 1.33. The third-order valence-electron chi connectivity index (χ3n) is 5.75. The quantitative estimate of drug-likeness (QED) is 0.483. The molecule has 2 fully saturated rings. The Morgan fingerprint density at radius 2 is 2.03 bits per heavy atom. The summed E-state index contributed by atoms with van der Waals surface area (Å²) in [4.78, 5) is 6.14. The maximum atomic E-state index is 13.2. The first kappa shape index (κ1) is 24.9. The number of alkyl halides is 3. The van der Waals surface area contributed by atoms with Crippen LogP contribution in [-0.4, -0.2) is 54.3 Å². The van der Waals surface area contributed by atoms with Crippen LogP contribution in [-0.2, 0) is 33.0 Å². The van der Waals surface area contributed by atoms with Crippen LogP contribution in [0, 0.1) is 0 Å². The smallest absolute Gasteiger partial charge is 0.383 e. The summed E-state index contributed by atoms with van der Waals surface area (Å²) in [5, 5.41) is 3.76. The number of aromatic nitrogens is 2. The van der Waals surface area contributed by atoms with E-state index >= 15 is 0 Å². The third kappa shape index (κ3) is 6.08. The number of benzene rings is 1. The average Bonchev–Trinajstić information content (AvgIpc) is 3.70. The van der Waals surface area contributed by atoms with E-state index in [0.29, 0.717) is 36.5 Å². The Kier molecular flexibility index (Phi) is 7.20. The zero-order chi connectivity index (χ0) is 24.5. The largest absolute Gasteiger partial charge is 0.416 e. The van der Waals surface area contributed by atoms with E-state index in [1.165, 1.54) is 18.3 Å². The molecule has 186 valence electrons. The normalized spacial score (nSPS) is 16.5. The molecule has 4 rings (SSSR count). The van der Waals surface area contributed by atoms with Crippen LogP contribution in [0.3, 0.4) is 0 Å². The molecule has 0 unspecified atom stereocenters. The average molecular weight is 517 g/mol. The molecular weight excluding hydrogens is 489 g/mol. The molecular formula is C22H27F3N4O3S2. The van der Waals surface area contributed by atoms with Gasteiger partial charge >= 0.3 is 6.18 Å². The fraction of sp³-hybridized carbons (Fsp3) is 0.545. The molecule has 0 atom stereocenters. The lowest BCUT2D eigenvalue weighted by atomic mass is 10.1. The summed E-state index contributed by atoms with van der Waals surface area (Å²) < 4.78 is 72.6. The molecule has 2 saturated carbocycles. The van der Waals surface area contributed by atoms with Crippen molar-refractivity contribution in [2.45, 2.75) is 61.4 Å². The third-order valence-corrected chi connectivity index (χ3v) is 7.70. The highest BCUT2D eigenvalue weighted by molar-refractivity contribution is 7.90. The van der Waals surface area contributed by atoms with Crippen LogP contribution in [0.15, 0.2) is 35.6 Å². The molecule has 1 aromatic heterocycles. The van der Waals surface area contributed by atoms with E-state index in [0.717, 1.165) is 37.8 Å². The molecule has 1 aromatic carbocycles. The molecule has 0 aliphatic heterocycles. The lowest BCUT2D eigenvalue weighted by Gasteiger charge is -2.26. The number of halogens is 3. The van der Waals surface area contributed by atoms with Crippen molar-refractivity contribution in [2.75, 3.05) is 20.3 Å². The van der Waals surface area contributed by atoms with Gasteiger partial charge in [0.25, 0.3) is 0 Å². The molecule has 0 radical (unpaired) electrons. The van der Waals surface area contributed by atoms with Gasteiger partial charge in [-0.05, 0) is 49.5 Å². The number of nitrogens with zero attached hydrogens (tertiary/aromatic N) is 3. The van der Waals surface area contributed by atoms with Crippen LogP contribution >= 0.6 is 12.2 Å². The molecule has 12 heteroatoms. The lowest BCUT2D eigenvalue weighted by molar-refractivity contribution is -0.137. The van der Waals surface area contributed by atoms with Gasteiger partial charge in [0.15, 0.2) is 5.11 Å².